The summed E-state index contributed by atoms with van der Waals surface area (Å²) in [6.45, 7) is 0. The maximum Gasteiger partial charge on any atom is 0.228 e. The van der Waals surface area contributed by atoms with Crippen LogP contribution >= 0.6 is 27.3 Å². The number of nitrogens with zero attached hydrogens (tertiary/aromatic N) is 3. The van der Waals surface area contributed by atoms with Crippen LogP contribution < -0.4 is 4.90 Å². The number of rotatable bonds is 5. The molecule has 0 radical (unpaired) electrons. The van der Waals surface area contributed by atoms with Gasteiger partial charge in [0.15, 0.2) is 0 Å². The van der Waals surface area contributed by atoms with E-state index in [4.69, 9.17) is 0 Å². The summed E-state index contributed by atoms with van der Waals surface area (Å²) < 4.78 is 22.9. The van der Waals surface area contributed by atoms with E-state index < -0.39 is 9.84 Å². The first-order valence-corrected chi connectivity index (χ1v) is 9.96. The van der Waals surface area contributed by atoms with Gasteiger partial charge in [0.2, 0.25) is 5.91 Å². The van der Waals surface area contributed by atoms with Crippen molar-refractivity contribution in [2.75, 3.05) is 24.0 Å². The van der Waals surface area contributed by atoms with Gasteiger partial charge >= 0.3 is 0 Å². The van der Waals surface area contributed by atoms with E-state index in [2.05, 4.69) is 25.9 Å². The lowest BCUT2D eigenvalue weighted by molar-refractivity contribution is -0.117. The molecule has 0 saturated heterocycles. The number of anilines is 1. The third-order valence-electron chi connectivity index (χ3n) is 2.84. The number of hydrogen-bond acceptors (Lipinski definition) is 6. The molecule has 0 aromatic carbocycles. The minimum absolute atomic E-state index is 0.0537. The number of carbonyl (C=O) groups excluding carboxylic acids is 1. The van der Waals surface area contributed by atoms with E-state index in [-0.39, 0.29) is 18.1 Å². The first-order chi connectivity index (χ1) is 10.3. The van der Waals surface area contributed by atoms with E-state index in [9.17, 15) is 13.2 Å². The fraction of sp³-hybridized carbons (Fsp3) is 0.308. The Hall–Kier alpha value is -1.32. The molecule has 0 aliphatic carbocycles. The Morgan fingerprint density at radius 3 is 2.77 bits per heavy atom. The number of halogens is 1. The number of sulfone groups is 1. The number of pyridine rings is 1. The Labute approximate surface area is 141 Å². The fourth-order valence-electron chi connectivity index (χ4n) is 1.67. The molecule has 0 aliphatic rings. The number of carbonyl (C=O) groups is 1. The van der Waals surface area contributed by atoms with Crippen molar-refractivity contribution < 1.29 is 13.2 Å². The summed E-state index contributed by atoms with van der Waals surface area (Å²) in [7, 11) is -1.56. The predicted octanol–water partition coefficient (Wildman–Crippen LogP) is 2.37. The van der Waals surface area contributed by atoms with Gasteiger partial charge < -0.3 is 4.90 Å². The van der Waals surface area contributed by atoms with Crippen LogP contribution in [0.4, 0.5) is 5.00 Å². The first-order valence-electron chi connectivity index (χ1n) is 6.29. The molecule has 2 rings (SSSR count). The summed E-state index contributed by atoms with van der Waals surface area (Å²) in [5.41, 5.74) is 0.858. The summed E-state index contributed by atoms with van der Waals surface area (Å²) in [5.74, 6) is -0.435. The normalized spacial score (nSPS) is 11.4. The molecule has 118 valence electrons. The molecule has 0 saturated carbocycles. The molecule has 2 heterocycles. The number of thiazole rings is 1. The van der Waals surface area contributed by atoms with Crippen molar-refractivity contribution in [1.82, 2.24) is 9.97 Å². The number of amides is 1. The highest BCUT2D eigenvalue weighted by Crippen LogP contribution is 2.37. The van der Waals surface area contributed by atoms with Crippen LogP contribution in [0.2, 0.25) is 0 Å². The van der Waals surface area contributed by atoms with Gasteiger partial charge in [-0.25, -0.2) is 13.4 Å². The molecule has 1 amide bonds. The van der Waals surface area contributed by atoms with E-state index in [0.717, 1.165) is 16.8 Å². The van der Waals surface area contributed by atoms with Crippen molar-refractivity contribution in [2.24, 2.45) is 0 Å². The molecule has 0 unspecified atom stereocenters. The molecule has 0 fully saturated rings. The molecule has 2 aromatic heterocycles. The van der Waals surface area contributed by atoms with E-state index in [1.807, 2.05) is 12.1 Å². The molecule has 0 spiro atoms. The fourth-order valence-corrected chi connectivity index (χ4v) is 3.94. The first kappa shape index (κ1) is 17.0. The number of aromatic nitrogens is 2. The molecule has 22 heavy (non-hydrogen) atoms. The molecule has 9 heteroatoms. The monoisotopic (exact) mass is 403 g/mol. The Bertz CT molecular complexity index is 775. The molecule has 0 atom stereocenters. The lowest BCUT2D eigenvalue weighted by Crippen LogP contribution is -2.27. The van der Waals surface area contributed by atoms with Gasteiger partial charge in [-0.2, -0.15) is 0 Å². The summed E-state index contributed by atoms with van der Waals surface area (Å²) in [4.78, 5) is 21.9. The van der Waals surface area contributed by atoms with Crippen LogP contribution in [0.3, 0.4) is 0 Å². The van der Waals surface area contributed by atoms with Crippen LogP contribution in [0.1, 0.15) is 6.42 Å². The molecule has 0 N–H and O–H groups in total. The average molecular weight is 404 g/mol. The quantitative estimate of drug-likeness (QED) is 0.765. The van der Waals surface area contributed by atoms with Crippen LogP contribution in [0.25, 0.3) is 10.6 Å². The molecule has 6 nitrogen and oxygen atoms in total. The van der Waals surface area contributed by atoms with Crippen LogP contribution in [-0.4, -0.2) is 43.3 Å². The smallest absolute Gasteiger partial charge is 0.228 e. The van der Waals surface area contributed by atoms with Crippen molar-refractivity contribution in [2.45, 2.75) is 6.42 Å². The van der Waals surface area contributed by atoms with Gasteiger partial charge in [0.25, 0.3) is 0 Å². The van der Waals surface area contributed by atoms with E-state index >= 15 is 0 Å². The highest BCUT2D eigenvalue weighted by Gasteiger charge is 2.20. The van der Waals surface area contributed by atoms with Crippen LogP contribution in [0, 0.1) is 0 Å². The Balaban J connectivity index is 2.19. The zero-order chi connectivity index (χ0) is 16.3. The van der Waals surface area contributed by atoms with Crippen LogP contribution in [0.5, 0.6) is 0 Å². The zero-order valence-corrected chi connectivity index (χ0v) is 15.2. The van der Waals surface area contributed by atoms with E-state index in [1.165, 1.54) is 16.2 Å². The Morgan fingerprint density at radius 1 is 1.45 bits per heavy atom. The van der Waals surface area contributed by atoms with Crippen molar-refractivity contribution in [1.29, 1.82) is 0 Å². The summed E-state index contributed by atoms with van der Waals surface area (Å²) in [5, 5.41) is 1.37. The van der Waals surface area contributed by atoms with Crippen LogP contribution in [-0.2, 0) is 14.6 Å². The molecular formula is C13H14BrN3O3S2. The second kappa shape index (κ2) is 6.84. The lowest BCUT2D eigenvalue weighted by Gasteiger charge is -2.14. The summed E-state index contributed by atoms with van der Waals surface area (Å²) in [6, 6.07) is 3.69. The molecular weight excluding hydrogens is 390 g/mol. The summed E-state index contributed by atoms with van der Waals surface area (Å²) >= 11 is 4.68. The third kappa shape index (κ3) is 4.34. The van der Waals surface area contributed by atoms with Gasteiger partial charge in [0, 0.05) is 37.7 Å². The zero-order valence-electron chi connectivity index (χ0n) is 12.0. The summed E-state index contributed by atoms with van der Waals surface area (Å²) in [6.07, 6.45) is 4.43. The van der Waals surface area contributed by atoms with Gasteiger partial charge in [-0.15, -0.1) is 0 Å². The minimum Gasteiger partial charge on any atom is -0.305 e. The van der Waals surface area contributed by atoms with Crippen molar-refractivity contribution in [3.05, 3.63) is 29.1 Å². The van der Waals surface area contributed by atoms with Crippen molar-refractivity contribution >= 4 is 48.0 Å². The maximum atomic E-state index is 12.1. The molecule has 2 aromatic rings. The van der Waals surface area contributed by atoms with Gasteiger partial charge in [0.05, 0.1) is 5.75 Å². The minimum atomic E-state index is -3.16. The van der Waals surface area contributed by atoms with Crippen molar-refractivity contribution in [3.63, 3.8) is 0 Å². The average Bonchev–Trinajstić information content (AvgIpc) is 2.86. The van der Waals surface area contributed by atoms with E-state index in [0.29, 0.717) is 9.60 Å². The molecule has 0 aliphatic heterocycles. The largest absolute Gasteiger partial charge is 0.305 e. The van der Waals surface area contributed by atoms with Gasteiger partial charge in [0.1, 0.15) is 24.4 Å². The maximum absolute atomic E-state index is 12.1. The van der Waals surface area contributed by atoms with Crippen LogP contribution in [0.15, 0.2) is 29.1 Å². The predicted molar refractivity (Wildman–Crippen MR) is 90.8 cm³/mol. The third-order valence-corrected chi connectivity index (χ3v) is 5.79. The standard InChI is InChI=1S/C13H14BrN3O3S2/c1-17(10(18)5-7-22(2,19)20)13-11(14)16-12(21-13)9-4-3-6-15-8-9/h3-4,6,8H,5,7H2,1-2H3. The van der Waals surface area contributed by atoms with E-state index in [1.54, 1.807) is 19.4 Å². The van der Waals surface area contributed by atoms with Crippen molar-refractivity contribution in [3.8, 4) is 10.6 Å². The van der Waals surface area contributed by atoms with Gasteiger partial charge in [-0.1, -0.05) is 11.3 Å². The Kier molecular flexibility index (Phi) is 5.30. The van der Waals surface area contributed by atoms with Gasteiger partial charge in [-0.05, 0) is 28.1 Å². The lowest BCUT2D eigenvalue weighted by atomic mass is 10.3. The highest BCUT2D eigenvalue weighted by atomic mass is 79.9. The number of hydrogen-bond donors (Lipinski definition) is 0. The topological polar surface area (TPSA) is 80.2 Å². The Morgan fingerprint density at radius 2 is 2.18 bits per heavy atom. The SMILES string of the molecule is CN(C(=O)CCS(C)(=O)=O)c1sc(-c2cccnc2)nc1Br. The van der Waals surface area contributed by atoms with Gasteiger partial charge in [-0.3, -0.25) is 9.78 Å². The highest BCUT2D eigenvalue weighted by molar-refractivity contribution is 9.10. The molecule has 0 bridgehead atoms. The second-order valence-electron chi connectivity index (χ2n) is 4.69. The second-order valence-corrected chi connectivity index (χ2v) is 8.68.